The largest absolute Gasteiger partial charge is 0.490 e. The van der Waals surface area contributed by atoms with Crippen LogP contribution in [0.3, 0.4) is 0 Å². The SMILES string of the molecule is C#CCNS(=O)(=O)c1ccc(C(=O)N2CCOc3ccccc32)cc1. The van der Waals surface area contributed by atoms with Crippen LogP contribution in [0.4, 0.5) is 5.69 Å². The summed E-state index contributed by atoms with van der Waals surface area (Å²) in [5, 5.41) is 0. The third-order valence-corrected chi connectivity index (χ3v) is 5.17. The van der Waals surface area contributed by atoms with Gasteiger partial charge in [-0.25, -0.2) is 8.42 Å². The van der Waals surface area contributed by atoms with Crippen LogP contribution in [-0.4, -0.2) is 34.0 Å². The van der Waals surface area contributed by atoms with Gasteiger partial charge in [0.25, 0.3) is 5.91 Å². The molecule has 0 aliphatic carbocycles. The van der Waals surface area contributed by atoms with Crippen LogP contribution < -0.4 is 14.4 Å². The zero-order valence-corrected chi connectivity index (χ0v) is 14.1. The maximum absolute atomic E-state index is 12.8. The quantitative estimate of drug-likeness (QED) is 0.845. The molecule has 1 aliphatic rings. The van der Waals surface area contributed by atoms with E-state index in [1.54, 1.807) is 4.90 Å². The molecule has 1 amide bonds. The van der Waals surface area contributed by atoms with E-state index in [0.29, 0.717) is 30.2 Å². The summed E-state index contributed by atoms with van der Waals surface area (Å²) in [6, 6.07) is 13.1. The Kier molecular flexibility index (Phi) is 4.74. The standard InChI is InChI=1S/C18H16N2O4S/c1-2-11-19-25(22,23)15-9-7-14(8-10-15)18(21)20-12-13-24-17-6-4-3-5-16(17)20/h1,3-10,19H,11-13H2. The molecule has 3 rings (SSSR count). The number of rotatable bonds is 4. The van der Waals surface area contributed by atoms with Gasteiger partial charge in [-0.3, -0.25) is 4.79 Å². The van der Waals surface area contributed by atoms with Gasteiger partial charge < -0.3 is 9.64 Å². The smallest absolute Gasteiger partial charge is 0.258 e. The van der Waals surface area contributed by atoms with Crippen LogP contribution in [0.2, 0.25) is 0 Å². The first kappa shape index (κ1) is 17.0. The van der Waals surface area contributed by atoms with E-state index in [1.165, 1.54) is 24.3 Å². The molecule has 25 heavy (non-hydrogen) atoms. The molecule has 0 spiro atoms. The average Bonchev–Trinajstić information content (AvgIpc) is 2.65. The normalized spacial score (nSPS) is 13.5. The van der Waals surface area contributed by atoms with E-state index < -0.39 is 10.0 Å². The number of ether oxygens (including phenoxy) is 1. The molecule has 2 aromatic rings. The number of amides is 1. The summed E-state index contributed by atoms with van der Waals surface area (Å²) in [6.07, 6.45) is 5.06. The molecular formula is C18H16N2O4S. The summed E-state index contributed by atoms with van der Waals surface area (Å²) in [4.78, 5) is 14.5. The zero-order chi connectivity index (χ0) is 17.9. The number of nitrogens with zero attached hydrogens (tertiary/aromatic N) is 1. The van der Waals surface area contributed by atoms with Crippen molar-refractivity contribution in [1.29, 1.82) is 0 Å². The highest BCUT2D eigenvalue weighted by molar-refractivity contribution is 7.89. The minimum Gasteiger partial charge on any atom is -0.490 e. The fourth-order valence-electron chi connectivity index (χ4n) is 2.53. The zero-order valence-electron chi connectivity index (χ0n) is 13.3. The van der Waals surface area contributed by atoms with Crippen LogP contribution in [0, 0.1) is 12.3 Å². The second-order valence-electron chi connectivity index (χ2n) is 5.33. The summed E-state index contributed by atoms with van der Waals surface area (Å²) in [5.41, 5.74) is 1.10. The Morgan fingerprint density at radius 3 is 2.64 bits per heavy atom. The first-order valence-electron chi connectivity index (χ1n) is 7.60. The number of hydrogen-bond acceptors (Lipinski definition) is 4. The Morgan fingerprint density at radius 2 is 1.92 bits per heavy atom. The van der Waals surface area contributed by atoms with Gasteiger partial charge in [0, 0.05) is 5.56 Å². The number of anilines is 1. The lowest BCUT2D eigenvalue weighted by atomic mass is 10.1. The molecule has 0 bridgehead atoms. The Balaban J connectivity index is 1.84. The Labute approximate surface area is 146 Å². The van der Waals surface area contributed by atoms with Crippen molar-refractivity contribution in [2.75, 3.05) is 24.6 Å². The molecule has 0 saturated carbocycles. The molecule has 0 saturated heterocycles. The minimum atomic E-state index is -3.68. The number of para-hydroxylation sites is 2. The molecule has 0 aromatic heterocycles. The Bertz CT molecular complexity index is 930. The highest BCUT2D eigenvalue weighted by atomic mass is 32.2. The van der Waals surface area contributed by atoms with E-state index in [2.05, 4.69) is 10.6 Å². The van der Waals surface area contributed by atoms with E-state index in [0.717, 1.165) is 0 Å². The molecule has 1 aliphatic heterocycles. The van der Waals surface area contributed by atoms with Gasteiger partial charge in [0.15, 0.2) is 0 Å². The summed E-state index contributed by atoms with van der Waals surface area (Å²) >= 11 is 0. The number of carbonyl (C=O) groups is 1. The van der Waals surface area contributed by atoms with Gasteiger partial charge in [-0.2, -0.15) is 4.72 Å². The summed E-state index contributed by atoms with van der Waals surface area (Å²) in [6.45, 7) is 0.748. The van der Waals surface area contributed by atoms with Crippen LogP contribution >= 0.6 is 0 Å². The van der Waals surface area contributed by atoms with Gasteiger partial charge >= 0.3 is 0 Å². The van der Waals surface area contributed by atoms with Crippen LogP contribution in [0.5, 0.6) is 5.75 Å². The van der Waals surface area contributed by atoms with Gasteiger partial charge in [-0.15, -0.1) is 6.42 Å². The van der Waals surface area contributed by atoms with Crippen molar-refractivity contribution >= 4 is 21.6 Å². The number of carbonyl (C=O) groups excluding carboxylic acids is 1. The molecule has 0 atom stereocenters. The van der Waals surface area contributed by atoms with Crippen molar-refractivity contribution in [3.05, 3.63) is 54.1 Å². The molecule has 0 radical (unpaired) electrons. The summed E-state index contributed by atoms with van der Waals surface area (Å²) in [7, 11) is -3.68. The minimum absolute atomic E-state index is 0.0571. The lowest BCUT2D eigenvalue weighted by Gasteiger charge is -2.29. The predicted molar refractivity (Wildman–Crippen MR) is 94.1 cm³/mol. The molecule has 0 fully saturated rings. The number of benzene rings is 2. The van der Waals surface area contributed by atoms with Crippen molar-refractivity contribution in [2.45, 2.75) is 4.90 Å². The molecule has 7 heteroatoms. The predicted octanol–water partition coefficient (Wildman–Crippen LogP) is 1.64. The Hall–Kier alpha value is -2.82. The van der Waals surface area contributed by atoms with Crippen molar-refractivity contribution in [3.63, 3.8) is 0 Å². The summed E-state index contributed by atoms with van der Waals surface area (Å²) in [5.74, 6) is 2.65. The number of fused-ring (bicyclic) bond motifs is 1. The maximum atomic E-state index is 12.8. The van der Waals surface area contributed by atoms with E-state index >= 15 is 0 Å². The van der Waals surface area contributed by atoms with Gasteiger partial charge in [0.2, 0.25) is 10.0 Å². The number of terminal acetylenes is 1. The maximum Gasteiger partial charge on any atom is 0.258 e. The summed E-state index contributed by atoms with van der Waals surface area (Å²) < 4.78 is 31.9. The van der Waals surface area contributed by atoms with Crippen LogP contribution in [-0.2, 0) is 10.0 Å². The van der Waals surface area contributed by atoms with Gasteiger partial charge in [0.1, 0.15) is 12.4 Å². The number of hydrogen-bond donors (Lipinski definition) is 1. The second kappa shape index (κ2) is 6.97. The van der Waals surface area contributed by atoms with Crippen molar-refractivity contribution in [1.82, 2.24) is 4.72 Å². The van der Waals surface area contributed by atoms with Gasteiger partial charge in [-0.1, -0.05) is 18.1 Å². The lowest BCUT2D eigenvalue weighted by Crippen LogP contribution is -2.37. The van der Waals surface area contributed by atoms with E-state index in [-0.39, 0.29) is 17.3 Å². The topological polar surface area (TPSA) is 75.7 Å². The lowest BCUT2D eigenvalue weighted by molar-refractivity contribution is 0.0976. The third-order valence-electron chi connectivity index (χ3n) is 3.75. The van der Waals surface area contributed by atoms with Gasteiger partial charge in [0.05, 0.1) is 23.7 Å². The van der Waals surface area contributed by atoms with Crippen molar-refractivity contribution in [2.24, 2.45) is 0 Å². The van der Waals surface area contributed by atoms with E-state index in [4.69, 9.17) is 11.2 Å². The number of nitrogens with one attached hydrogen (secondary N) is 1. The highest BCUT2D eigenvalue weighted by Crippen LogP contribution is 2.32. The van der Waals surface area contributed by atoms with Gasteiger partial charge in [-0.05, 0) is 36.4 Å². The molecule has 1 heterocycles. The first-order valence-corrected chi connectivity index (χ1v) is 9.08. The molecular weight excluding hydrogens is 340 g/mol. The Morgan fingerprint density at radius 1 is 1.20 bits per heavy atom. The van der Waals surface area contributed by atoms with Crippen molar-refractivity contribution < 1.29 is 17.9 Å². The van der Waals surface area contributed by atoms with Crippen LogP contribution in [0.1, 0.15) is 10.4 Å². The second-order valence-corrected chi connectivity index (χ2v) is 7.09. The molecule has 0 unspecified atom stereocenters. The molecule has 128 valence electrons. The van der Waals surface area contributed by atoms with Crippen molar-refractivity contribution in [3.8, 4) is 18.1 Å². The molecule has 6 nitrogen and oxygen atoms in total. The number of sulfonamides is 1. The highest BCUT2D eigenvalue weighted by Gasteiger charge is 2.24. The fourth-order valence-corrected chi connectivity index (χ4v) is 3.47. The third kappa shape index (κ3) is 3.50. The van der Waals surface area contributed by atoms with E-state index in [9.17, 15) is 13.2 Å². The van der Waals surface area contributed by atoms with Crippen LogP contribution in [0.25, 0.3) is 0 Å². The fraction of sp³-hybridized carbons (Fsp3) is 0.167. The molecule has 1 N–H and O–H groups in total. The average molecular weight is 356 g/mol. The monoisotopic (exact) mass is 356 g/mol. The van der Waals surface area contributed by atoms with Crippen LogP contribution in [0.15, 0.2) is 53.4 Å². The molecule has 2 aromatic carbocycles. The van der Waals surface area contributed by atoms with E-state index in [1.807, 2.05) is 24.3 Å². The first-order chi connectivity index (χ1) is 12.0.